The van der Waals surface area contributed by atoms with E-state index in [0.717, 1.165) is 70.6 Å². The second-order valence-electron chi connectivity index (χ2n) is 13.8. The summed E-state index contributed by atoms with van der Waals surface area (Å²) in [6.45, 7) is 9.43. The van der Waals surface area contributed by atoms with Crippen molar-refractivity contribution >= 4 is 56.2 Å². The van der Waals surface area contributed by atoms with Crippen molar-refractivity contribution in [3.8, 4) is 0 Å². The number of aryl methyl sites for hydroxylation is 2. The third kappa shape index (κ3) is 10.9. The highest BCUT2D eigenvalue weighted by Gasteiger charge is 2.19. The van der Waals surface area contributed by atoms with Crippen molar-refractivity contribution in [2.75, 3.05) is 47.0 Å². The van der Waals surface area contributed by atoms with Gasteiger partial charge in [0.25, 0.3) is 5.91 Å². The Balaban J connectivity index is 0.000000162. The standard InChI is InChI=1S/C21H24N4OS.C15H19N3O2S.C6H7N/c1-16-10-11-19(20(26)22-17-8-4-2-5-9-17)25(16)14-18-15-27-21(23-18)24-12-6-3-7-13-24;1-11-5-6-13(14(19)20)18(11)9-12-10-21-15(16-12)17-7-3-2-4-8-17;7-6-4-2-1-3-5-6/h2,4-5,8-11,15H,3,6-7,12-14H2,1H3,(H,22,26);5-6,10H,2-4,7-9H2,1H3,(H,19,20);1-5H,7H2. The first-order chi connectivity index (χ1) is 26.7. The van der Waals surface area contributed by atoms with E-state index in [1.807, 2.05) is 103 Å². The molecule has 0 spiro atoms. The highest BCUT2D eigenvalue weighted by Crippen LogP contribution is 2.26. The summed E-state index contributed by atoms with van der Waals surface area (Å²) in [5.74, 6) is -0.990. The molecule has 0 aliphatic carbocycles. The van der Waals surface area contributed by atoms with Gasteiger partial charge in [-0.1, -0.05) is 36.4 Å². The third-order valence-corrected chi connectivity index (χ3v) is 11.6. The van der Waals surface area contributed by atoms with Gasteiger partial charge in [-0.15, -0.1) is 22.7 Å². The van der Waals surface area contributed by atoms with Gasteiger partial charge in [0.15, 0.2) is 10.3 Å². The topological polar surface area (TPSA) is 135 Å². The van der Waals surface area contributed by atoms with Crippen LogP contribution in [-0.4, -0.2) is 62.3 Å². The Bertz CT molecular complexity index is 2110. The van der Waals surface area contributed by atoms with Gasteiger partial charge < -0.3 is 35.1 Å². The first-order valence-corrected chi connectivity index (χ1v) is 20.6. The Morgan fingerprint density at radius 2 is 1.11 bits per heavy atom. The molecule has 11 nitrogen and oxygen atoms in total. The summed E-state index contributed by atoms with van der Waals surface area (Å²) in [5.41, 5.74) is 11.9. The number of piperidine rings is 2. The zero-order valence-corrected chi connectivity index (χ0v) is 33.2. The number of nitrogens with zero attached hydrogens (tertiary/aromatic N) is 6. The largest absolute Gasteiger partial charge is 0.477 e. The number of amides is 1. The molecule has 4 aromatic heterocycles. The van der Waals surface area contributed by atoms with E-state index in [2.05, 4.69) is 25.5 Å². The van der Waals surface area contributed by atoms with Crippen molar-refractivity contribution in [1.82, 2.24) is 19.1 Å². The fourth-order valence-electron chi connectivity index (χ4n) is 6.64. The maximum atomic E-state index is 12.7. The van der Waals surface area contributed by atoms with Gasteiger partial charge >= 0.3 is 5.97 Å². The van der Waals surface area contributed by atoms with E-state index in [1.165, 1.54) is 38.5 Å². The number of anilines is 4. The number of carboxylic acids is 1. The molecular weight excluding hydrogens is 729 g/mol. The molecule has 55 heavy (non-hydrogen) atoms. The summed E-state index contributed by atoms with van der Waals surface area (Å²) in [4.78, 5) is 38.2. The summed E-state index contributed by atoms with van der Waals surface area (Å²) >= 11 is 3.35. The van der Waals surface area contributed by atoms with Crippen molar-refractivity contribution in [3.63, 3.8) is 0 Å². The SMILES string of the molecule is Cc1ccc(C(=O)Nc2ccccc2)n1Cc1csc(N2CCCCC2)n1.Cc1ccc(C(=O)O)n1Cc1csc(N2CCCCC2)n1.Nc1ccccc1. The highest BCUT2D eigenvalue weighted by atomic mass is 32.1. The quantitative estimate of drug-likeness (QED) is 0.124. The first-order valence-electron chi connectivity index (χ1n) is 18.9. The molecule has 0 saturated carbocycles. The van der Waals surface area contributed by atoms with E-state index in [4.69, 9.17) is 10.7 Å². The molecule has 8 rings (SSSR count). The van der Waals surface area contributed by atoms with Crippen molar-refractivity contribution in [1.29, 1.82) is 0 Å². The summed E-state index contributed by atoms with van der Waals surface area (Å²) in [6.07, 6.45) is 7.57. The number of nitrogens with one attached hydrogen (secondary N) is 1. The predicted molar refractivity (Wildman–Crippen MR) is 225 cm³/mol. The normalized spacial score (nSPS) is 14.0. The van der Waals surface area contributed by atoms with Gasteiger partial charge in [-0.3, -0.25) is 4.79 Å². The second-order valence-corrected chi connectivity index (χ2v) is 15.4. The van der Waals surface area contributed by atoms with Crippen LogP contribution in [0.2, 0.25) is 0 Å². The molecule has 2 aliphatic rings. The molecule has 6 aromatic rings. The lowest BCUT2D eigenvalue weighted by atomic mass is 10.1. The van der Waals surface area contributed by atoms with E-state index in [-0.39, 0.29) is 5.91 Å². The van der Waals surface area contributed by atoms with E-state index < -0.39 is 5.97 Å². The molecule has 2 saturated heterocycles. The summed E-state index contributed by atoms with van der Waals surface area (Å²) in [5, 5.41) is 18.5. The second kappa shape index (κ2) is 19.3. The van der Waals surface area contributed by atoms with Crippen LogP contribution in [0, 0.1) is 13.8 Å². The van der Waals surface area contributed by atoms with Crippen LogP contribution < -0.4 is 20.9 Å². The number of aromatic nitrogens is 4. The highest BCUT2D eigenvalue weighted by molar-refractivity contribution is 7.14. The van der Waals surface area contributed by atoms with Crippen molar-refractivity contribution in [2.45, 2.75) is 65.5 Å². The molecule has 0 bridgehead atoms. The number of hydrogen-bond acceptors (Lipinski definition) is 9. The van der Waals surface area contributed by atoms with E-state index in [9.17, 15) is 14.7 Å². The van der Waals surface area contributed by atoms with Gasteiger partial charge in [-0.25, -0.2) is 14.8 Å². The number of carbonyl (C=O) groups is 2. The van der Waals surface area contributed by atoms with Crippen LogP contribution in [0.4, 0.5) is 21.6 Å². The molecule has 288 valence electrons. The molecule has 1 amide bonds. The number of hydrogen-bond donors (Lipinski definition) is 3. The molecule has 13 heteroatoms. The first kappa shape index (κ1) is 39.3. The average molecular weight is 779 g/mol. The van der Waals surface area contributed by atoms with Crippen LogP contribution >= 0.6 is 22.7 Å². The Hall–Kier alpha value is -5.40. The molecule has 4 N–H and O–H groups in total. The zero-order valence-electron chi connectivity index (χ0n) is 31.6. The summed E-state index contributed by atoms with van der Waals surface area (Å²) in [6, 6.07) is 26.4. The van der Waals surface area contributed by atoms with Gasteiger partial charge in [-0.2, -0.15) is 0 Å². The van der Waals surface area contributed by atoms with Gasteiger partial charge in [0.05, 0.1) is 24.5 Å². The molecule has 2 aromatic carbocycles. The van der Waals surface area contributed by atoms with Crippen molar-refractivity contribution < 1.29 is 14.7 Å². The van der Waals surface area contributed by atoms with Crippen LogP contribution in [0.1, 0.15) is 82.3 Å². The predicted octanol–water partition coefficient (Wildman–Crippen LogP) is 8.80. The van der Waals surface area contributed by atoms with E-state index >= 15 is 0 Å². The van der Waals surface area contributed by atoms with Gasteiger partial charge in [0, 0.05) is 59.7 Å². The lowest BCUT2D eigenvalue weighted by Gasteiger charge is -2.25. The van der Waals surface area contributed by atoms with Gasteiger partial charge in [0.2, 0.25) is 0 Å². The van der Waals surface area contributed by atoms with E-state index in [0.29, 0.717) is 24.5 Å². The molecule has 0 atom stereocenters. The lowest BCUT2D eigenvalue weighted by Crippen LogP contribution is -2.29. The van der Waals surface area contributed by atoms with Gasteiger partial charge in [0.1, 0.15) is 11.4 Å². The number of aromatic carboxylic acids is 1. The number of carboxylic acid groups (broad SMARTS) is 1. The molecule has 2 aliphatic heterocycles. The number of nitrogen functional groups attached to an aromatic ring is 1. The van der Waals surface area contributed by atoms with E-state index in [1.54, 1.807) is 33.3 Å². The van der Waals surface area contributed by atoms with Crippen LogP contribution in [0.3, 0.4) is 0 Å². The number of rotatable bonds is 9. The third-order valence-electron chi connectivity index (χ3n) is 9.65. The number of nitrogens with two attached hydrogens (primary N) is 1. The molecular formula is C42H50N8O3S2. The molecule has 0 radical (unpaired) electrons. The Labute approximate surface area is 331 Å². The fourth-order valence-corrected chi connectivity index (χ4v) is 8.38. The number of carbonyl (C=O) groups excluding carboxylic acids is 1. The Kier molecular flexibility index (Phi) is 13.8. The minimum absolute atomic E-state index is 0.0965. The number of benzene rings is 2. The zero-order chi connectivity index (χ0) is 38.6. The smallest absolute Gasteiger partial charge is 0.352 e. The molecule has 2 fully saturated rings. The van der Waals surface area contributed by atoms with Crippen LogP contribution in [-0.2, 0) is 13.1 Å². The van der Waals surface area contributed by atoms with Crippen LogP contribution in [0.25, 0.3) is 0 Å². The lowest BCUT2D eigenvalue weighted by molar-refractivity contribution is 0.0685. The minimum Gasteiger partial charge on any atom is -0.477 e. The maximum Gasteiger partial charge on any atom is 0.352 e. The summed E-state index contributed by atoms with van der Waals surface area (Å²) in [7, 11) is 0. The fraction of sp³-hybridized carbons (Fsp3) is 0.333. The maximum absolute atomic E-state index is 12.7. The van der Waals surface area contributed by atoms with Crippen LogP contribution in [0.15, 0.2) is 95.7 Å². The summed E-state index contributed by atoms with van der Waals surface area (Å²) < 4.78 is 3.84. The van der Waals surface area contributed by atoms with Crippen LogP contribution in [0.5, 0.6) is 0 Å². The molecule has 6 heterocycles. The average Bonchev–Trinajstić information content (AvgIpc) is 4.03. The van der Waals surface area contributed by atoms with Crippen molar-refractivity contribution in [3.05, 3.63) is 130 Å². The minimum atomic E-state index is -0.894. The Morgan fingerprint density at radius 3 is 1.56 bits per heavy atom. The van der Waals surface area contributed by atoms with Gasteiger partial charge in [-0.05, 0) is 101 Å². The Morgan fingerprint density at radius 1 is 0.655 bits per heavy atom. The van der Waals surface area contributed by atoms with Crippen molar-refractivity contribution in [2.24, 2.45) is 0 Å². The number of para-hydroxylation sites is 2. The monoisotopic (exact) mass is 778 g/mol. The number of thiazole rings is 2. The molecule has 0 unspecified atom stereocenters.